The van der Waals surface area contributed by atoms with Crippen LogP contribution in [-0.4, -0.2) is 9.52 Å². The van der Waals surface area contributed by atoms with Crippen LogP contribution in [0, 0.1) is 6.08 Å². The number of rotatable bonds is 2. The Bertz CT molecular complexity index is 905. The molecule has 3 aromatic rings. The number of halogens is 2. The van der Waals surface area contributed by atoms with Gasteiger partial charge in [0, 0.05) is 9.52 Å². The molecular formula is C30H36Cl2SiZr. The molecule has 0 atom stereocenters. The van der Waals surface area contributed by atoms with Crippen LogP contribution in [0.3, 0.4) is 0 Å². The maximum Gasteiger partial charge on any atom is 4.00 e. The minimum Gasteiger partial charge on any atom is -1.00 e. The van der Waals surface area contributed by atoms with Gasteiger partial charge in [-0.25, -0.2) is 12.2 Å². The predicted octanol–water partition coefficient (Wildman–Crippen LogP) is 3.22. The van der Waals surface area contributed by atoms with Gasteiger partial charge in [-0.05, 0) is 11.1 Å². The molecule has 4 heteroatoms. The molecule has 0 bridgehead atoms. The van der Waals surface area contributed by atoms with Crippen molar-refractivity contribution in [3.05, 3.63) is 78.9 Å². The summed E-state index contributed by atoms with van der Waals surface area (Å²) in [6.45, 7) is 0. The van der Waals surface area contributed by atoms with E-state index in [0.29, 0.717) is 0 Å². The Hall–Kier alpha value is -0.530. The number of allylic oxidation sites excluding steroid dienone is 4. The van der Waals surface area contributed by atoms with Crippen LogP contribution in [0.4, 0.5) is 0 Å². The maximum atomic E-state index is 2.99. The van der Waals surface area contributed by atoms with E-state index >= 15 is 0 Å². The molecule has 0 N–H and O–H groups in total. The van der Waals surface area contributed by atoms with Gasteiger partial charge in [0.1, 0.15) is 0 Å². The summed E-state index contributed by atoms with van der Waals surface area (Å²) in [6.07, 6.45) is 25.4. The molecule has 2 radical (unpaired) electrons. The molecule has 0 spiro atoms. The molecular weight excluding hydrogens is 551 g/mol. The van der Waals surface area contributed by atoms with Crippen molar-refractivity contribution in [2.24, 2.45) is 0 Å². The second-order valence-corrected chi connectivity index (χ2v) is 11.1. The Morgan fingerprint density at radius 1 is 0.676 bits per heavy atom. The largest absolute Gasteiger partial charge is 4.00 e. The van der Waals surface area contributed by atoms with Gasteiger partial charge in [-0.3, -0.25) is 6.08 Å². The Morgan fingerprint density at radius 2 is 1.15 bits per heavy atom. The Labute approximate surface area is 241 Å². The van der Waals surface area contributed by atoms with Gasteiger partial charge in [-0.1, -0.05) is 101 Å². The molecule has 0 saturated heterocycles. The zero-order valence-electron chi connectivity index (χ0n) is 20.1. The fourth-order valence-electron chi connectivity index (χ4n) is 5.12. The number of benzene rings is 2. The zero-order chi connectivity index (χ0) is 21.1. The van der Waals surface area contributed by atoms with Gasteiger partial charge in [0.25, 0.3) is 0 Å². The Balaban J connectivity index is 0.000000264. The summed E-state index contributed by atoms with van der Waals surface area (Å²) in [7, 11) is 1.33. The molecule has 0 unspecified atom stereocenters. The normalized spacial score (nSPS) is 17.4. The molecule has 3 aromatic carbocycles. The monoisotopic (exact) mass is 584 g/mol. The van der Waals surface area contributed by atoms with Gasteiger partial charge in [0.15, 0.2) is 0 Å². The molecule has 34 heavy (non-hydrogen) atoms. The van der Waals surface area contributed by atoms with Crippen LogP contribution < -0.4 is 24.8 Å². The van der Waals surface area contributed by atoms with Crippen LogP contribution in [0.5, 0.6) is 0 Å². The van der Waals surface area contributed by atoms with E-state index in [1.807, 2.05) is 12.2 Å². The first-order valence-electron chi connectivity index (χ1n) is 12.4. The van der Waals surface area contributed by atoms with Crippen LogP contribution in [0.25, 0.3) is 21.5 Å². The van der Waals surface area contributed by atoms with E-state index in [0.717, 1.165) is 17.5 Å². The van der Waals surface area contributed by atoms with Gasteiger partial charge in [0.2, 0.25) is 0 Å². The third kappa shape index (κ3) is 9.85. The molecule has 0 aliphatic heterocycles. The molecule has 0 amide bonds. The maximum absolute atomic E-state index is 2.99. The fraction of sp³-hybridized carbons (Fsp3) is 0.433. The van der Waals surface area contributed by atoms with E-state index in [4.69, 9.17) is 0 Å². The van der Waals surface area contributed by atoms with Crippen molar-refractivity contribution >= 4 is 31.1 Å². The minimum atomic E-state index is 0. The van der Waals surface area contributed by atoms with E-state index < -0.39 is 0 Å². The standard InChI is InChI=1S/C13H9.C12H22Si.C5H5.2ClH.Zr/c1-3-7-12-10(5-1)9-11-6-2-4-8-13(11)12;1-3-7-11(8-4-1)13-12-9-5-2-6-10-12;1-2-4-5-3-1;;;/h1-9H;11-12H,1-10H2;1-3H,4H2;2*1H;/q-1;;-1;;;+4/p-2. The minimum absolute atomic E-state index is 0. The summed E-state index contributed by atoms with van der Waals surface area (Å²) < 4.78 is 0. The number of hydrogen-bond acceptors (Lipinski definition) is 0. The molecule has 2 fully saturated rings. The molecule has 0 nitrogen and oxygen atoms in total. The summed E-state index contributed by atoms with van der Waals surface area (Å²) in [6, 6.07) is 19.3. The second kappa shape index (κ2) is 17.8. The van der Waals surface area contributed by atoms with Gasteiger partial charge in [-0.15, -0.1) is 46.2 Å². The third-order valence-corrected chi connectivity index (χ3v) is 8.89. The summed E-state index contributed by atoms with van der Waals surface area (Å²) in [5, 5.41) is 5.39. The van der Waals surface area contributed by atoms with Crippen molar-refractivity contribution in [3.63, 3.8) is 0 Å². The third-order valence-electron chi connectivity index (χ3n) is 6.79. The average molecular weight is 587 g/mol. The first kappa shape index (κ1) is 31.5. The first-order chi connectivity index (χ1) is 15.4. The van der Waals surface area contributed by atoms with Crippen molar-refractivity contribution in [3.8, 4) is 0 Å². The molecule has 3 aliphatic carbocycles. The second-order valence-electron chi connectivity index (χ2n) is 9.16. The van der Waals surface area contributed by atoms with E-state index in [-0.39, 0.29) is 51.0 Å². The zero-order valence-corrected chi connectivity index (χ0v) is 25.1. The predicted molar refractivity (Wildman–Crippen MR) is 138 cm³/mol. The summed E-state index contributed by atoms with van der Waals surface area (Å²) in [4.78, 5) is 0. The summed E-state index contributed by atoms with van der Waals surface area (Å²) >= 11 is 0. The Kier molecular flexibility index (Phi) is 16.5. The quantitative estimate of drug-likeness (QED) is 0.320. The molecule has 178 valence electrons. The van der Waals surface area contributed by atoms with E-state index in [1.165, 1.54) is 69.6 Å². The fourth-order valence-corrected chi connectivity index (χ4v) is 7.27. The van der Waals surface area contributed by atoms with E-state index in [9.17, 15) is 0 Å². The van der Waals surface area contributed by atoms with Gasteiger partial charge in [-0.2, -0.15) is 6.08 Å². The van der Waals surface area contributed by atoms with Crippen LogP contribution in [0.15, 0.2) is 72.8 Å². The summed E-state index contributed by atoms with van der Waals surface area (Å²) in [5.41, 5.74) is 2.30. The van der Waals surface area contributed by atoms with Crippen molar-refractivity contribution < 1.29 is 51.0 Å². The van der Waals surface area contributed by atoms with Crippen molar-refractivity contribution in [1.82, 2.24) is 0 Å². The summed E-state index contributed by atoms with van der Waals surface area (Å²) in [5.74, 6) is 0. The van der Waals surface area contributed by atoms with Gasteiger partial charge >= 0.3 is 26.2 Å². The smallest absolute Gasteiger partial charge is 1.00 e. The average Bonchev–Trinajstić information content (AvgIpc) is 3.53. The molecule has 3 aliphatic rings. The van der Waals surface area contributed by atoms with Crippen LogP contribution in [-0.2, 0) is 26.2 Å². The molecule has 0 aromatic heterocycles. The molecule has 2 saturated carbocycles. The SMILES string of the molecule is C1CCC([Si]C2CCCCC2)CC1.[C-]1=CC=CC1.[Cl-].[Cl-].[Zr+4].c1ccc2c(c1)[cH-]c1ccccc12. The van der Waals surface area contributed by atoms with Crippen molar-refractivity contribution in [1.29, 1.82) is 0 Å². The van der Waals surface area contributed by atoms with Crippen LogP contribution in [0.1, 0.15) is 70.6 Å². The van der Waals surface area contributed by atoms with Gasteiger partial charge in [0.05, 0.1) is 0 Å². The topological polar surface area (TPSA) is 0 Å². The number of hydrogen-bond donors (Lipinski definition) is 0. The molecule has 0 heterocycles. The first-order valence-corrected chi connectivity index (χ1v) is 13.6. The van der Waals surface area contributed by atoms with Crippen LogP contribution >= 0.6 is 0 Å². The van der Waals surface area contributed by atoms with Gasteiger partial charge < -0.3 is 24.8 Å². The van der Waals surface area contributed by atoms with Crippen LogP contribution in [0.2, 0.25) is 11.1 Å². The molecule has 6 rings (SSSR count). The van der Waals surface area contributed by atoms with E-state index in [2.05, 4.69) is 66.7 Å². The van der Waals surface area contributed by atoms with E-state index in [1.54, 1.807) is 25.7 Å². The van der Waals surface area contributed by atoms with Crippen molar-refractivity contribution in [2.75, 3.05) is 0 Å². The van der Waals surface area contributed by atoms with Crippen molar-refractivity contribution in [2.45, 2.75) is 81.7 Å². The Morgan fingerprint density at radius 3 is 1.53 bits per heavy atom. The number of fused-ring (bicyclic) bond motifs is 3.